The van der Waals surface area contributed by atoms with Crippen molar-refractivity contribution < 1.29 is 26.5 Å². The molecule has 3 heterocycles. The third-order valence-corrected chi connectivity index (χ3v) is 8.26. The summed E-state index contributed by atoms with van der Waals surface area (Å²) in [6.07, 6.45) is -0.979. The van der Waals surface area contributed by atoms with E-state index < -0.39 is 28.7 Å². The van der Waals surface area contributed by atoms with E-state index in [1.807, 2.05) is 6.92 Å². The number of piperidine rings is 1. The molecule has 0 radical (unpaired) electrons. The Balaban J connectivity index is 1.49. The van der Waals surface area contributed by atoms with Crippen molar-refractivity contribution in [3.05, 3.63) is 52.9 Å². The van der Waals surface area contributed by atoms with E-state index >= 15 is 4.39 Å². The minimum Gasteiger partial charge on any atom is -0.436 e. The number of ether oxygens (including phenoxy) is 1. The Morgan fingerprint density at radius 3 is 2.67 bits per heavy atom. The van der Waals surface area contributed by atoms with Gasteiger partial charge < -0.3 is 20.1 Å². The van der Waals surface area contributed by atoms with Crippen LogP contribution in [0.4, 0.5) is 29.2 Å². The van der Waals surface area contributed by atoms with E-state index in [1.165, 1.54) is 24.3 Å². The van der Waals surface area contributed by atoms with Crippen molar-refractivity contribution in [1.82, 2.24) is 20.3 Å². The molecule has 8 nitrogen and oxygen atoms in total. The number of fused-ring (bicyclic) bond motifs is 1. The van der Waals surface area contributed by atoms with Crippen LogP contribution in [-0.2, 0) is 11.0 Å². The zero-order chi connectivity index (χ0) is 28.4. The highest BCUT2D eigenvalue weighted by molar-refractivity contribution is 7.86. The van der Waals surface area contributed by atoms with E-state index in [0.29, 0.717) is 26.9 Å². The molecule has 4 aromatic rings. The summed E-state index contributed by atoms with van der Waals surface area (Å²) < 4.78 is 74.4. The third-order valence-electron chi connectivity index (χ3n) is 6.26. The number of rotatable bonds is 8. The van der Waals surface area contributed by atoms with E-state index in [0.717, 1.165) is 25.9 Å². The van der Waals surface area contributed by atoms with Crippen LogP contribution in [0.3, 0.4) is 0 Å². The van der Waals surface area contributed by atoms with Gasteiger partial charge in [-0.25, -0.2) is 23.6 Å². The molecule has 2 unspecified atom stereocenters. The molecule has 1 fully saturated rings. The van der Waals surface area contributed by atoms with Gasteiger partial charge in [-0.2, -0.15) is 13.2 Å². The average molecular weight is 595 g/mol. The second kappa shape index (κ2) is 11.6. The predicted octanol–water partition coefficient (Wildman–Crippen LogP) is 6.10. The van der Waals surface area contributed by atoms with Crippen LogP contribution in [0.25, 0.3) is 21.3 Å². The molecule has 0 amide bonds. The highest BCUT2D eigenvalue weighted by atomic mass is 32.2. The maximum absolute atomic E-state index is 15.6. The van der Waals surface area contributed by atoms with Crippen molar-refractivity contribution in [3.8, 4) is 22.2 Å². The Kier molecular flexibility index (Phi) is 8.19. The van der Waals surface area contributed by atoms with E-state index in [9.17, 15) is 17.4 Å². The monoisotopic (exact) mass is 594 g/mol. The minimum atomic E-state index is -4.68. The smallest absolute Gasteiger partial charge is 0.402 e. The molecular weight excluding hydrogens is 568 g/mol. The first-order valence-electron chi connectivity index (χ1n) is 12.5. The van der Waals surface area contributed by atoms with Crippen molar-refractivity contribution in [2.24, 2.45) is 0 Å². The topological polar surface area (TPSA) is 101 Å². The van der Waals surface area contributed by atoms with Crippen molar-refractivity contribution >= 4 is 44.7 Å². The number of alkyl halides is 3. The Hall–Kier alpha value is -3.36. The number of nitrogens with zero attached hydrogens (tertiary/aromatic N) is 3. The maximum Gasteiger partial charge on any atom is 0.402 e. The molecule has 2 aromatic carbocycles. The van der Waals surface area contributed by atoms with Gasteiger partial charge in [0.2, 0.25) is 11.8 Å². The first kappa shape index (κ1) is 28.2. The van der Waals surface area contributed by atoms with Gasteiger partial charge in [-0.05, 0) is 39.3 Å². The van der Waals surface area contributed by atoms with Crippen molar-refractivity contribution in [2.75, 3.05) is 28.9 Å². The Labute approximate surface area is 234 Å². The normalized spacial score (nSPS) is 16.6. The second-order valence-corrected chi connectivity index (χ2v) is 11.7. The quantitative estimate of drug-likeness (QED) is 0.212. The molecule has 0 saturated carbocycles. The van der Waals surface area contributed by atoms with Crippen LogP contribution in [0.15, 0.2) is 36.5 Å². The molecule has 212 valence electrons. The number of thiazole rings is 1. The molecule has 3 N–H and O–H groups in total. The van der Waals surface area contributed by atoms with Crippen LogP contribution in [0.2, 0.25) is 0 Å². The SMILES string of the molecule is Cc1nc(Oc2c(C)c(F)c(NS(=O)CC(F)(F)F)c3ccccc23)c(-c2ccnc(NC3CCCNC3)n2)s1. The van der Waals surface area contributed by atoms with Gasteiger partial charge in [-0.1, -0.05) is 24.3 Å². The third kappa shape index (κ3) is 6.34. The van der Waals surface area contributed by atoms with Gasteiger partial charge in [0.15, 0.2) is 5.82 Å². The fourth-order valence-corrected chi connectivity index (χ4v) is 6.10. The van der Waals surface area contributed by atoms with Crippen LogP contribution in [-0.4, -0.2) is 50.2 Å². The molecule has 1 aliphatic heterocycles. The van der Waals surface area contributed by atoms with Crippen LogP contribution < -0.4 is 20.1 Å². The van der Waals surface area contributed by atoms with Crippen molar-refractivity contribution in [3.63, 3.8) is 0 Å². The molecule has 0 bridgehead atoms. The van der Waals surface area contributed by atoms with E-state index in [4.69, 9.17) is 4.74 Å². The molecule has 5 rings (SSSR count). The molecule has 14 heteroatoms. The Morgan fingerprint density at radius 1 is 1.18 bits per heavy atom. The van der Waals surface area contributed by atoms with Gasteiger partial charge >= 0.3 is 6.18 Å². The summed E-state index contributed by atoms with van der Waals surface area (Å²) in [6, 6.07) is 8.41. The molecule has 1 saturated heterocycles. The average Bonchev–Trinajstić information content (AvgIpc) is 3.29. The van der Waals surface area contributed by atoms with E-state index in [-0.39, 0.29) is 34.3 Å². The largest absolute Gasteiger partial charge is 0.436 e. The number of benzene rings is 2. The molecule has 0 spiro atoms. The minimum absolute atomic E-state index is 0.0247. The lowest BCUT2D eigenvalue weighted by molar-refractivity contribution is -0.105. The molecule has 2 atom stereocenters. The van der Waals surface area contributed by atoms with Gasteiger partial charge in [0.05, 0.1) is 16.4 Å². The van der Waals surface area contributed by atoms with Gasteiger partial charge in [0.25, 0.3) is 0 Å². The fourth-order valence-electron chi connectivity index (χ4n) is 4.48. The zero-order valence-corrected chi connectivity index (χ0v) is 23.2. The summed E-state index contributed by atoms with van der Waals surface area (Å²) >= 11 is 1.35. The van der Waals surface area contributed by atoms with Crippen LogP contribution in [0.5, 0.6) is 11.6 Å². The lowest BCUT2D eigenvalue weighted by Gasteiger charge is -2.23. The van der Waals surface area contributed by atoms with Gasteiger partial charge in [-0.15, -0.1) is 11.3 Å². The number of aromatic nitrogens is 3. The van der Waals surface area contributed by atoms with Crippen LogP contribution >= 0.6 is 11.3 Å². The number of aryl methyl sites for hydroxylation is 1. The highest BCUT2D eigenvalue weighted by Crippen LogP contribution is 2.43. The summed E-state index contributed by atoms with van der Waals surface area (Å²) in [5, 5.41) is 8.02. The summed E-state index contributed by atoms with van der Waals surface area (Å²) in [4.78, 5) is 14.1. The zero-order valence-electron chi connectivity index (χ0n) is 21.6. The van der Waals surface area contributed by atoms with Crippen LogP contribution in [0.1, 0.15) is 23.4 Å². The van der Waals surface area contributed by atoms with Crippen LogP contribution in [0, 0.1) is 19.7 Å². The molecule has 40 heavy (non-hydrogen) atoms. The number of hydrogen-bond acceptors (Lipinski definition) is 8. The molecule has 0 aliphatic carbocycles. The summed E-state index contributed by atoms with van der Waals surface area (Å²) in [5.41, 5.74) is 0.309. The van der Waals surface area contributed by atoms with Crippen molar-refractivity contribution in [1.29, 1.82) is 0 Å². The molecule has 2 aromatic heterocycles. The summed E-state index contributed by atoms with van der Waals surface area (Å²) in [7, 11) is -2.58. The fraction of sp³-hybridized carbons (Fsp3) is 0.346. The van der Waals surface area contributed by atoms with Gasteiger partial charge in [0.1, 0.15) is 27.4 Å². The number of anilines is 2. The predicted molar refractivity (Wildman–Crippen MR) is 149 cm³/mol. The lowest BCUT2D eigenvalue weighted by atomic mass is 10.0. The first-order chi connectivity index (χ1) is 19.1. The number of halogens is 4. The second-order valence-electron chi connectivity index (χ2n) is 9.32. The van der Waals surface area contributed by atoms with E-state index in [1.54, 1.807) is 30.5 Å². The first-order valence-corrected chi connectivity index (χ1v) is 14.6. The summed E-state index contributed by atoms with van der Waals surface area (Å²) in [6.45, 7) is 5.05. The number of hydrogen-bond donors (Lipinski definition) is 3. The summed E-state index contributed by atoms with van der Waals surface area (Å²) in [5.74, 6) is -1.66. The maximum atomic E-state index is 15.6. The highest BCUT2D eigenvalue weighted by Gasteiger charge is 2.32. The standard InChI is InChI=1S/C26H26F4N6O2S2/c1-14-20(27)21(36-40(37)13-26(28,29)30)17-7-3-4-8-18(17)22(14)38-24-23(39-15(2)33-24)19-9-11-32-25(35-19)34-16-6-5-10-31-12-16/h3-4,7-9,11,16,31,36H,5-6,10,12-13H2,1-2H3,(H,32,34,35). The molecule has 1 aliphatic rings. The van der Waals surface area contributed by atoms with Crippen molar-refractivity contribution in [2.45, 2.75) is 38.9 Å². The molecular formula is C26H26F4N6O2S2. The Bertz CT molecular complexity index is 1560. The van der Waals surface area contributed by atoms with Gasteiger partial charge in [-0.3, -0.25) is 0 Å². The van der Waals surface area contributed by atoms with E-state index in [2.05, 4.69) is 30.3 Å². The number of nitrogens with one attached hydrogen (secondary N) is 3. The Morgan fingerprint density at radius 2 is 1.95 bits per heavy atom. The van der Waals surface area contributed by atoms with Gasteiger partial charge in [0, 0.05) is 35.1 Å². The lowest BCUT2D eigenvalue weighted by Crippen LogP contribution is -2.38.